The van der Waals surface area contributed by atoms with Crippen molar-refractivity contribution in [2.45, 2.75) is 51.5 Å². The topological polar surface area (TPSA) is 63.6 Å². The lowest BCUT2D eigenvalue weighted by Gasteiger charge is -2.41. The van der Waals surface area contributed by atoms with Crippen LogP contribution in [0.25, 0.3) is 10.9 Å². The first-order chi connectivity index (χ1) is 17.0. The molecule has 2 aliphatic heterocycles. The maximum atomic E-state index is 13.5. The smallest absolute Gasteiger partial charge is 0.256 e. The zero-order valence-electron chi connectivity index (χ0n) is 20.8. The highest BCUT2D eigenvalue weighted by Gasteiger charge is 2.42. The highest BCUT2D eigenvalue weighted by molar-refractivity contribution is 6.07. The third-order valence-corrected chi connectivity index (χ3v) is 7.81. The number of carbonyl (C=O) groups is 2. The van der Waals surface area contributed by atoms with Gasteiger partial charge in [0, 0.05) is 37.2 Å². The summed E-state index contributed by atoms with van der Waals surface area (Å²) in [6, 6.07) is 16.1. The molecule has 5 rings (SSSR count). The maximum absolute atomic E-state index is 13.5. The summed E-state index contributed by atoms with van der Waals surface area (Å²) in [5.41, 5.74) is 2.60. The number of aromatic nitrogens is 1. The van der Waals surface area contributed by atoms with Gasteiger partial charge in [0.25, 0.3) is 5.91 Å². The predicted octanol–water partition coefficient (Wildman–Crippen LogP) is 4.71. The van der Waals surface area contributed by atoms with Crippen molar-refractivity contribution in [3.8, 4) is 5.75 Å². The summed E-state index contributed by atoms with van der Waals surface area (Å²) in [5, 5.41) is 4.21. The summed E-state index contributed by atoms with van der Waals surface area (Å²) >= 11 is 0. The quantitative estimate of drug-likeness (QED) is 0.557. The number of amides is 2. The Kier molecular flexibility index (Phi) is 6.54. The molecule has 0 unspecified atom stereocenters. The van der Waals surface area contributed by atoms with E-state index in [9.17, 15) is 9.59 Å². The van der Waals surface area contributed by atoms with Crippen LogP contribution >= 0.6 is 0 Å². The number of hydrogen-bond acceptors (Lipinski definition) is 3. The van der Waals surface area contributed by atoms with E-state index >= 15 is 0 Å². The lowest BCUT2D eigenvalue weighted by Crippen LogP contribution is -2.52. The van der Waals surface area contributed by atoms with Crippen LogP contribution < -0.4 is 10.1 Å². The number of hydrogen-bond donors (Lipinski definition) is 1. The molecule has 1 saturated heterocycles. The van der Waals surface area contributed by atoms with Crippen LogP contribution in [0.5, 0.6) is 5.75 Å². The number of nitrogens with zero attached hydrogens (tertiary/aromatic N) is 2. The number of fused-ring (bicyclic) bond motifs is 2. The number of aryl methyl sites for hydroxylation is 2. The normalized spacial score (nSPS) is 20.9. The Labute approximate surface area is 207 Å². The summed E-state index contributed by atoms with van der Waals surface area (Å²) in [5.74, 6) is 1.09. The van der Waals surface area contributed by atoms with Crippen LogP contribution in [0.1, 0.15) is 54.9 Å². The first-order valence-corrected chi connectivity index (χ1v) is 12.8. The molecule has 0 aliphatic carbocycles. The van der Waals surface area contributed by atoms with Crippen LogP contribution in [0.3, 0.4) is 0 Å². The molecule has 2 aromatic carbocycles. The molecule has 0 bridgehead atoms. The van der Waals surface area contributed by atoms with Crippen molar-refractivity contribution in [1.82, 2.24) is 14.8 Å². The first-order valence-electron chi connectivity index (χ1n) is 12.8. The second kappa shape index (κ2) is 9.76. The average molecular weight is 474 g/mol. The van der Waals surface area contributed by atoms with Crippen LogP contribution in [0.15, 0.2) is 54.7 Å². The van der Waals surface area contributed by atoms with Crippen LogP contribution in [0.4, 0.5) is 0 Å². The van der Waals surface area contributed by atoms with Gasteiger partial charge >= 0.3 is 0 Å². The lowest BCUT2D eigenvalue weighted by molar-refractivity contribution is -0.135. The van der Waals surface area contributed by atoms with Gasteiger partial charge in [-0.1, -0.05) is 42.8 Å². The van der Waals surface area contributed by atoms with Crippen LogP contribution in [-0.4, -0.2) is 47.0 Å². The molecule has 1 N–H and O–H groups in total. The lowest BCUT2D eigenvalue weighted by atomic mass is 9.73. The van der Waals surface area contributed by atoms with E-state index in [-0.39, 0.29) is 17.9 Å². The Morgan fingerprint density at radius 2 is 1.77 bits per heavy atom. The van der Waals surface area contributed by atoms with E-state index in [1.54, 1.807) is 0 Å². The Balaban J connectivity index is 1.30. The second-order valence-electron chi connectivity index (χ2n) is 10.2. The predicted molar refractivity (Wildman–Crippen MR) is 138 cm³/mol. The Bertz CT molecular complexity index is 1220. The van der Waals surface area contributed by atoms with Crippen molar-refractivity contribution < 1.29 is 14.3 Å². The highest BCUT2D eigenvalue weighted by atomic mass is 16.5. The first kappa shape index (κ1) is 23.5. The number of ether oxygens (including phenoxy) is 1. The van der Waals surface area contributed by atoms with Gasteiger partial charge in [-0.2, -0.15) is 0 Å². The largest absolute Gasteiger partial charge is 0.491 e. The minimum Gasteiger partial charge on any atom is -0.491 e. The zero-order valence-corrected chi connectivity index (χ0v) is 20.8. The number of para-hydroxylation sites is 2. The fraction of sp³-hybridized carbons (Fsp3) is 0.448. The Morgan fingerprint density at radius 1 is 1.03 bits per heavy atom. The number of nitrogens with one attached hydrogen (secondary N) is 1. The Hall–Kier alpha value is -3.28. The van der Waals surface area contributed by atoms with Crippen LogP contribution in [0.2, 0.25) is 0 Å². The van der Waals surface area contributed by atoms with Gasteiger partial charge in [0.05, 0.1) is 17.0 Å². The summed E-state index contributed by atoms with van der Waals surface area (Å²) in [6.45, 7) is 3.65. The molecule has 1 spiro atoms. The van der Waals surface area contributed by atoms with E-state index in [4.69, 9.17) is 4.74 Å². The van der Waals surface area contributed by atoms with Gasteiger partial charge in [-0.05, 0) is 56.7 Å². The minimum absolute atomic E-state index is 0.0589. The van der Waals surface area contributed by atoms with Crippen LogP contribution in [-0.2, 0) is 18.3 Å². The SMILES string of the molecule is C[C@@H]1COc2ccccc2CCCCC2(CCN(C(=O)c3cn(C)c4ccccc34)CC2)C(=O)N1. The van der Waals surface area contributed by atoms with Crippen molar-refractivity contribution in [1.29, 1.82) is 0 Å². The van der Waals surface area contributed by atoms with Crippen molar-refractivity contribution in [2.24, 2.45) is 12.5 Å². The maximum Gasteiger partial charge on any atom is 0.256 e. The summed E-state index contributed by atoms with van der Waals surface area (Å²) in [4.78, 5) is 28.9. The molecule has 184 valence electrons. The van der Waals surface area contributed by atoms with Crippen LogP contribution in [0, 0.1) is 5.41 Å². The molecular formula is C29H35N3O3. The number of carbonyl (C=O) groups excluding carboxylic acids is 2. The van der Waals surface area contributed by atoms with E-state index in [1.807, 2.05) is 66.0 Å². The van der Waals surface area contributed by atoms with Gasteiger partial charge in [-0.3, -0.25) is 9.59 Å². The molecule has 3 aromatic rings. The van der Waals surface area contributed by atoms with Gasteiger partial charge in [0.2, 0.25) is 5.91 Å². The number of piperidine rings is 1. The molecule has 1 aromatic heterocycles. The summed E-state index contributed by atoms with van der Waals surface area (Å²) in [7, 11) is 1.97. The van der Waals surface area contributed by atoms with E-state index in [1.165, 1.54) is 5.56 Å². The highest BCUT2D eigenvalue weighted by Crippen LogP contribution is 2.38. The number of rotatable bonds is 1. The third kappa shape index (κ3) is 4.66. The van der Waals surface area contributed by atoms with E-state index in [0.29, 0.717) is 32.5 Å². The fourth-order valence-corrected chi connectivity index (χ4v) is 5.67. The van der Waals surface area contributed by atoms with E-state index in [2.05, 4.69) is 17.4 Å². The number of likely N-dealkylation sites (tertiary alicyclic amines) is 1. The Morgan fingerprint density at radius 3 is 2.60 bits per heavy atom. The second-order valence-corrected chi connectivity index (χ2v) is 10.2. The zero-order chi connectivity index (χ0) is 24.4. The minimum atomic E-state index is -0.428. The van der Waals surface area contributed by atoms with Crippen molar-refractivity contribution >= 4 is 22.7 Å². The monoisotopic (exact) mass is 473 g/mol. The third-order valence-electron chi connectivity index (χ3n) is 7.81. The van der Waals surface area contributed by atoms with Crippen molar-refractivity contribution in [3.05, 3.63) is 65.9 Å². The van der Waals surface area contributed by atoms with E-state index < -0.39 is 5.41 Å². The van der Waals surface area contributed by atoms with Gasteiger partial charge in [-0.25, -0.2) is 0 Å². The van der Waals surface area contributed by atoms with Crippen molar-refractivity contribution in [2.75, 3.05) is 19.7 Å². The number of benzene rings is 2. The molecule has 2 amide bonds. The molecule has 6 heteroatoms. The van der Waals surface area contributed by atoms with E-state index in [0.717, 1.165) is 47.9 Å². The van der Waals surface area contributed by atoms with Gasteiger partial charge in [0.15, 0.2) is 0 Å². The van der Waals surface area contributed by atoms with Gasteiger partial charge in [0.1, 0.15) is 12.4 Å². The molecule has 1 atom stereocenters. The molecule has 6 nitrogen and oxygen atoms in total. The molecule has 0 saturated carbocycles. The molecule has 3 heterocycles. The summed E-state index contributed by atoms with van der Waals surface area (Å²) in [6.07, 6.45) is 7.12. The van der Waals surface area contributed by atoms with Gasteiger partial charge < -0.3 is 19.5 Å². The summed E-state index contributed by atoms with van der Waals surface area (Å²) < 4.78 is 8.07. The molecule has 1 fully saturated rings. The molecule has 0 radical (unpaired) electrons. The molecule has 2 aliphatic rings. The van der Waals surface area contributed by atoms with Gasteiger partial charge in [-0.15, -0.1) is 0 Å². The molecule has 35 heavy (non-hydrogen) atoms. The van der Waals surface area contributed by atoms with Crippen molar-refractivity contribution in [3.63, 3.8) is 0 Å². The average Bonchev–Trinajstić information content (AvgIpc) is 3.22. The fourth-order valence-electron chi connectivity index (χ4n) is 5.67. The standard InChI is InChI=1S/C29H35N3O3/c1-21-20-35-26-13-6-3-9-22(26)10-7-8-14-29(28(34)30-21)15-17-32(18-16-29)27(33)24-19-31(2)25-12-5-4-11-23(24)25/h3-6,9,11-13,19,21H,7-8,10,14-18,20H2,1-2H3,(H,30,34)/t21-/m1/s1. The molecular weight excluding hydrogens is 438 g/mol.